The van der Waals surface area contributed by atoms with E-state index in [0.717, 1.165) is 6.42 Å². The van der Waals surface area contributed by atoms with Gasteiger partial charge in [-0.25, -0.2) is 26.0 Å². The van der Waals surface area contributed by atoms with Crippen LogP contribution in [-0.4, -0.2) is 67.6 Å². The molecule has 1 aromatic carbocycles. The van der Waals surface area contributed by atoms with Gasteiger partial charge < -0.3 is 9.64 Å². The van der Waals surface area contributed by atoms with Crippen LogP contribution in [0.2, 0.25) is 0 Å². The Morgan fingerprint density at radius 1 is 1.15 bits per heavy atom. The van der Waals surface area contributed by atoms with Crippen LogP contribution in [-0.2, 0) is 24.2 Å². The normalized spacial score (nSPS) is 24.8. The molecule has 1 aromatic rings. The van der Waals surface area contributed by atoms with Gasteiger partial charge >= 0.3 is 0 Å². The van der Waals surface area contributed by atoms with Gasteiger partial charge in [0, 0.05) is 38.1 Å². The van der Waals surface area contributed by atoms with Crippen LogP contribution < -0.4 is 5.01 Å². The van der Waals surface area contributed by atoms with Crippen LogP contribution in [0.5, 0.6) is 0 Å². The number of hydrogen-bond donors (Lipinski definition) is 0. The van der Waals surface area contributed by atoms with Crippen molar-refractivity contribution < 1.29 is 40.3 Å². The van der Waals surface area contributed by atoms with E-state index in [9.17, 15) is 35.6 Å². The molecule has 0 aromatic heterocycles. The number of hydrazone groups is 1. The third-order valence-corrected chi connectivity index (χ3v) is 7.66. The number of hydrogen-bond acceptors (Lipinski definition) is 6. The van der Waals surface area contributed by atoms with Gasteiger partial charge in [-0.1, -0.05) is 0 Å². The Hall–Kier alpha value is -2.54. The minimum Gasteiger partial charge on any atom is -0.376 e. The van der Waals surface area contributed by atoms with Crippen molar-refractivity contribution in [2.45, 2.75) is 44.2 Å². The van der Waals surface area contributed by atoms with E-state index >= 15 is 0 Å². The van der Waals surface area contributed by atoms with Crippen LogP contribution in [0.15, 0.2) is 11.2 Å². The van der Waals surface area contributed by atoms with E-state index < -0.39 is 63.1 Å². The number of rotatable bonds is 5. The quantitative estimate of drug-likeness (QED) is 0.463. The molecule has 0 bridgehead atoms. The highest BCUT2D eigenvalue weighted by Crippen LogP contribution is 2.31. The predicted molar refractivity (Wildman–Crippen MR) is 108 cm³/mol. The highest BCUT2D eigenvalue weighted by molar-refractivity contribution is 7.91. The molecule has 3 heterocycles. The average molecular weight is 491 g/mol. The van der Waals surface area contributed by atoms with Gasteiger partial charge in [-0.05, 0) is 19.3 Å². The monoisotopic (exact) mass is 491 g/mol. The van der Waals surface area contributed by atoms with E-state index in [1.54, 1.807) is 0 Å². The Morgan fingerprint density at radius 3 is 2.42 bits per heavy atom. The molecule has 2 fully saturated rings. The van der Waals surface area contributed by atoms with Crippen LogP contribution in [0.4, 0.5) is 23.2 Å². The van der Waals surface area contributed by atoms with Crippen molar-refractivity contribution in [2.24, 2.45) is 5.10 Å². The number of ether oxygens (including phenoxy) is 1. The smallest absolute Gasteiger partial charge is 0.270 e. The van der Waals surface area contributed by atoms with Crippen LogP contribution in [0.25, 0.3) is 0 Å². The molecule has 0 saturated carbocycles. The lowest BCUT2D eigenvalue weighted by atomic mass is 10.1. The highest BCUT2D eigenvalue weighted by Gasteiger charge is 2.39. The molecule has 2 amide bonds. The van der Waals surface area contributed by atoms with Gasteiger partial charge in [0.15, 0.2) is 33.1 Å². The second-order valence-electron chi connectivity index (χ2n) is 8.22. The average Bonchev–Trinajstić information content (AvgIpc) is 3.40. The summed E-state index contributed by atoms with van der Waals surface area (Å²) in [6.45, 7) is 0.589. The number of carbonyl (C=O) groups is 2. The molecular formula is C20H21F4N3O5S. The fourth-order valence-electron chi connectivity index (χ4n) is 4.22. The largest absolute Gasteiger partial charge is 0.376 e. The van der Waals surface area contributed by atoms with Gasteiger partial charge in [0.1, 0.15) is 11.4 Å². The van der Waals surface area contributed by atoms with Crippen molar-refractivity contribution >= 4 is 33.1 Å². The van der Waals surface area contributed by atoms with E-state index in [2.05, 4.69) is 5.10 Å². The third-order valence-electron chi connectivity index (χ3n) is 5.91. The van der Waals surface area contributed by atoms with Crippen molar-refractivity contribution in [2.75, 3.05) is 29.7 Å². The van der Waals surface area contributed by atoms with Crippen LogP contribution in [0, 0.1) is 23.3 Å². The standard InChI is InChI=1S/C20H21F4N3O5S/c21-13-8-14(22)18(24)19(17(13)23)27-16(28)4-3-15(25-27)20(29)26(9-12-2-1-6-32-12)11-5-7-33(30,31)10-11/h8,11-12H,1-7,9-10H2/t11-,12+/m0/s1. The van der Waals surface area contributed by atoms with E-state index in [4.69, 9.17) is 4.74 Å². The third kappa shape index (κ3) is 4.74. The number of halogens is 4. The maximum absolute atomic E-state index is 14.3. The van der Waals surface area contributed by atoms with Gasteiger partial charge in [0.2, 0.25) is 5.91 Å². The summed E-state index contributed by atoms with van der Waals surface area (Å²) in [7, 11) is -3.34. The first kappa shape index (κ1) is 23.6. The topological polar surface area (TPSA) is 96.3 Å². The molecule has 13 heteroatoms. The van der Waals surface area contributed by atoms with Gasteiger partial charge in [-0.15, -0.1) is 0 Å². The first-order valence-electron chi connectivity index (χ1n) is 10.4. The first-order valence-corrected chi connectivity index (χ1v) is 12.3. The maximum atomic E-state index is 14.3. The van der Waals surface area contributed by atoms with Gasteiger partial charge in [0.25, 0.3) is 5.91 Å². The van der Waals surface area contributed by atoms with E-state index in [0.29, 0.717) is 13.0 Å². The van der Waals surface area contributed by atoms with Crippen molar-refractivity contribution in [1.82, 2.24) is 4.90 Å². The number of nitrogens with zero attached hydrogens (tertiary/aromatic N) is 3. The lowest BCUT2D eigenvalue weighted by molar-refractivity contribution is -0.127. The molecule has 4 rings (SSSR count). The lowest BCUT2D eigenvalue weighted by Gasteiger charge is -2.32. The van der Waals surface area contributed by atoms with Crippen molar-refractivity contribution in [3.8, 4) is 0 Å². The Labute approximate surface area is 187 Å². The molecule has 0 radical (unpaired) electrons. The number of benzene rings is 1. The lowest BCUT2D eigenvalue weighted by Crippen LogP contribution is -2.49. The SMILES string of the molecule is O=C1CCC(C(=O)N(C[C@H]2CCCO2)[C@H]2CCS(=O)(=O)C2)=NN1c1c(F)c(F)cc(F)c1F. The van der Waals surface area contributed by atoms with Crippen LogP contribution in [0.1, 0.15) is 32.1 Å². The summed E-state index contributed by atoms with van der Waals surface area (Å²) < 4.78 is 85.4. The molecule has 3 aliphatic rings. The van der Waals surface area contributed by atoms with E-state index in [1.807, 2.05) is 0 Å². The zero-order valence-corrected chi connectivity index (χ0v) is 18.2. The van der Waals surface area contributed by atoms with Gasteiger partial charge in [0.05, 0.1) is 17.6 Å². The van der Waals surface area contributed by atoms with Crippen molar-refractivity contribution in [1.29, 1.82) is 0 Å². The molecule has 180 valence electrons. The molecule has 3 aliphatic heterocycles. The number of carbonyl (C=O) groups excluding carboxylic acids is 2. The maximum Gasteiger partial charge on any atom is 0.270 e. The summed E-state index contributed by atoms with van der Waals surface area (Å²) in [5, 5.41) is 3.90. The molecule has 8 nitrogen and oxygen atoms in total. The summed E-state index contributed by atoms with van der Waals surface area (Å²) in [5.74, 6) is -9.10. The molecule has 2 atom stereocenters. The minimum atomic E-state index is -3.34. The molecule has 33 heavy (non-hydrogen) atoms. The molecular weight excluding hydrogens is 470 g/mol. The molecule has 0 spiro atoms. The van der Waals surface area contributed by atoms with Crippen molar-refractivity contribution in [3.05, 3.63) is 29.3 Å². The van der Waals surface area contributed by atoms with Gasteiger partial charge in [-0.2, -0.15) is 10.1 Å². The Balaban J connectivity index is 1.68. The summed E-state index contributed by atoms with van der Waals surface area (Å²) in [6.07, 6.45) is 0.762. The minimum absolute atomic E-state index is 0.00222. The molecule has 2 saturated heterocycles. The molecule has 0 unspecified atom stereocenters. The molecule has 0 N–H and O–H groups in total. The summed E-state index contributed by atoms with van der Waals surface area (Å²) >= 11 is 0. The Kier molecular flexibility index (Phi) is 6.45. The summed E-state index contributed by atoms with van der Waals surface area (Å²) in [6, 6.07) is -0.650. The Morgan fingerprint density at radius 2 is 1.85 bits per heavy atom. The highest BCUT2D eigenvalue weighted by atomic mass is 32.2. The number of amides is 2. The number of sulfone groups is 1. The summed E-state index contributed by atoms with van der Waals surface area (Å²) in [5.41, 5.74) is -1.63. The van der Waals surface area contributed by atoms with E-state index in [1.165, 1.54) is 4.90 Å². The summed E-state index contributed by atoms with van der Waals surface area (Å²) in [4.78, 5) is 27.0. The Bertz CT molecular complexity index is 1090. The first-order chi connectivity index (χ1) is 15.6. The van der Waals surface area contributed by atoms with Crippen molar-refractivity contribution in [3.63, 3.8) is 0 Å². The van der Waals surface area contributed by atoms with Crippen LogP contribution >= 0.6 is 0 Å². The number of anilines is 1. The van der Waals surface area contributed by atoms with E-state index in [-0.39, 0.29) is 53.8 Å². The van der Waals surface area contributed by atoms with Gasteiger partial charge in [-0.3, -0.25) is 9.59 Å². The fourth-order valence-corrected chi connectivity index (χ4v) is 5.95. The fraction of sp³-hybridized carbons (Fsp3) is 0.550. The second-order valence-corrected chi connectivity index (χ2v) is 10.4. The zero-order chi connectivity index (χ0) is 23.9. The zero-order valence-electron chi connectivity index (χ0n) is 17.4. The van der Waals surface area contributed by atoms with Crippen LogP contribution in [0.3, 0.4) is 0 Å². The predicted octanol–water partition coefficient (Wildman–Crippen LogP) is 1.92. The molecule has 0 aliphatic carbocycles. The second kappa shape index (κ2) is 9.01.